The Morgan fingerprint density at radius 2 is 1.96 bits per heavy atom. The molecule has 2 atom stereocenters. The first-order valence-corrected chi connectivity index (χ1v) is 7.77. The van der Waals surface area contributed by atoms with Gasteiger partial charge in [-0.1, -0.05) is 30.3 Å². The predicted molar refractivity (Wildman–Crippen MR) is 89.5 cm³/mol. The summed E-state index contributed by atoms with van der Waals surface area (Å²) in [4.78, 5) is 17.5. The third-order valence-electron chi connectivity index (χ3n) is 4.47. The molecular formula is C19H16FN3O. The highest BCUT2D eigenvalue weighted by Gasteiger charge is 2.39. The summed E-state index contributed by atoms with van der Waals surface area (Å²) in [6.07, 6.45) is 3.51. The number of aromatic nitrogens is 2. The van der Waals surface area contributed by atoms with E-state index in [0.29, 0.717) is 17.1 Å². The number of anilines is 1. The van der Waals surface area contributed by atoms with Crippen LogP contribution in [0.15, 0.2) is 60.9 Å². The number of fused-ring (bicyclic) bond motifs is 1. The van der Waals surface area contributed by atoms with Gasteiger partial charge in [-0.3, -0.25) is 4.79 Å². The number of aryl methyl sites for hydroxylation is 1. The molecule has 4 rings (SSSR count). The molecule has 0 spiro atoms. The maximum absolute atomic E-state index is 13.6. The fourth-order valence-electron chi connectivity index (χ4n) is 3.30. The molecule has 1 aliphatic rings. The number of hydrogen-bond donors (Lipinski definition) is 1. The Labute approximate surface area is 139 Å². The van der Waals surface area contributed by atoms with Gasteiger partial charge in [-0.05, 0) is 23.8 Å². The highest BCUT2D eigenvalue weighted by Crippen LogP contribution is 2.41. The molecule has 120 valence electrons. The molecule has 1 aromatic heterocycles. The van der Waals surface area contributed by atoms with Crippen molar-refractivity contribution >= 4 is 11.5 Å². The second-order valence-corrected chi connectivity index (χ2v) is 5.96. The molecule has 1 aliphatic heterocycles. The number of rotatable bonds is 2. The zero-order valence-electron chi connectivity index (χ0n) is 13.1. The van der Waals surface area contributed by atoms with Crippen molar-refractivity contribution in [1.29, 1.82) is 0 Å². The summed E-state index contributed by atoms with van der Waals surface area (Å²) >= 11 is 0. The Bertz CT molecular complexity index is 904. The van der Waals surface area contributed by atoms with Gasteiger partial charge < -0.3 is 9.88 Å². The van der Waals surface area contributed by atoms with Crippen LogP contribution in [0, 0.1) is 5.82 Å². The Kier molecular flexibility index (Phi) is 3.41. The van der Waals surface area contributed by atoms with E-state index in [9.17, 15) is 9.18 Å². The Hall–Kier alpha value is -2.95. The van der Waals surface area contributed by atoms with Gasteiger partial charge in [0.2, 0.25) is 0 Å². The van der Waals surface area contributed by atoms with Crippen molar-refractivity contribution in [3.63, 3.8) is 0 Å². The summed E-state index contributed by atoms with van der Waals surface area (Å²) in [5.41, 5.74) is 1.99. The molecular weight excluding hydrogens is 305 g/mol. The normalized spacial score (nSPS) is 19.7. The molecule has 4 nitrogen and oxygen atoms in total. The zero-order chi connectivity index (χ0) is 16.7. The van der Waals surface area contributed by atoms with E-state index in [0.717, 1.165) is 5.56 Å². The molecule has 2 aromatic carbocycles. The minimum absolute atomic E-state index is 0.0492. The molecule has 0 saturated carbocycles. The average Bonchev–Trinajstić information content (AvgIpc) is 3.01. The van der Waals surface area contributed by atoms with Gasteiger partial charge in [0.15, 0.2) is 5.78 Å². The molecule has 0 saturated heterocycles. The third-order valence-corrected chi connectivity index (χ3v) is 4.47. The minimum atomic E-state index is -0.467. The van der Waals surface area contributed by atoms with Crippen molar-refractivity contribution in [2.75, 3.05) is 5.32 Å². The van der Waals surface area contributed by atoms with Crippen molar-refractivity contribution in [3.05, 3.63) is 83.7 Å². The van der Waals surface area contributed by atoms with E-state index in [1.54, 1.807) is 6.20 Å². The summed E-state index contributed by atoms with van der Waals surface area (Å²) in [5, 5.41) is 3.34. The van der Waals surface area contributed by atoms with E-state index in [1.165, 1.54) is 18.2 Å². The van der Waals surface area contributed by atoms with E-state index in [4.69, 9.17) is 0 Å². The van der Waals surface area contributed by atoms with Crippen LogP contribution in [-0.4, -0.2) is 15.3 Å². The zero-order valence-corrected chi connectivity index (χ0v) is 13.1. The maximum atomic E-state index is 13.6. The number of nitrogens with zero attached hydrogens (tertiary/aromatic N) is 2. The number of imidazole rings is 1. The van der Waals surface area contributed by atoms with Crippen molar-refractivity contribution in [1.82, 2.24) is 9.55 Å². The fourth-order valence-corrected chi connectivity index (χ4v) is 3.30. The first kappa shape index (κ1) is 14.6. The molecule has 0 radical (unpaired) electrons. The molecule has 0 fully saturated rings. The van der Waals surface area contributed by atoms with Crippen molar-refractivity contribution < 1.29 is 9.18 Å². The number of nitrogens with one attached hydrogen (secondary N) is 1. The summed E-state index contributed by atoms with van der Waals surface area (Å²) in [5.74, 6) is -0.190. The number of benzene rings is 2. The number of carbonyl (C=O) groups excluding carboxylic acids is 1. The van der Waals surface area contributed by atoms with E-state index in [1.807, 2.05) is 48.1 Å². The summed E-state index contributed by atoms with van der Waals surface area (Å²) in [6, 6.07) is 13.6. The van der Waals surface area contributed by atoms with Gasteiger partial charge in [0.1, 0.15) is 17.6 Å². The van der Waals surface area contributed by atoms with Gasteiger partial charge in [0.25, 0.3) is 0 Å². The molecule has 24 heavy (non-hydrogen) atoms. The molecule has 1 N–H and O–H groups in total. The van der Waals surface area contributed by atoms with Crippen molar-refractivity contribution in [2.24, 2.45) is 7.05 Å². The highest BCUT2D eigenvalue weighted by molar-refractivity contribution is 6.07. The van der Waals surface area contributed by atoms with Gasteiger partial charge >= 0.3 is 0 Å². The number of Topliss-reactive ketones (excluding diaryl/α,β-unsaturated/α-hetero) is 1. The van der Waals surface area contributed by atoms with Crippen LogP contribution in [-0.2, 0) is 7.05 Å². The lowest BCUT2D eigenvalue weighted by atomic mass is 9.82. The minimum Gasteiger partial charge on any atom is -0.376 e. The SMILES string of the molecule is Cn1ccnc1C1C(=O)c2ccc(F)cc2NC1c1ccccc1. The lowest BCUT2D eigenvalue weighted by molar-refractivity contribution is 0.0939. The van der Waals surface area contributed by atoms with Gasteiger partial charge in [-0.2, -0.15) is 0 Å². The maximum Gasteiger partial charge on any atom is 0.177 e. The van der Waals surface area contributed by atoms with Crippen LogP contribution in [0.25, 0.3) is 0 Å². The van der Waals surface area contributed by atoms with Crippen LogP contribution in [0.4, 0.5) is 10.1 Å². The molecule has 0 bridgehead atoms. The van der Waals surface area contributed by atoms with E-state index in [2.05, 4.69) is 10.3 Å². The molecule has 3 aromatic rings. The van der Waals surface area contributed by atoms with Gasteiger partial charge in [0, 0.05) is 30.7 Å². The van der Waals surface area contributed by atoms with Crippen molar-refractivity contribution in [3.8, 4) is 0 Å². The van der Waals surface area contributed by atoms with Crippen LogP contribution in [0.5, 0.6) is 0 Å². The molecule has 0 aliphatic carbocycles. The summed E-state index contributed by atoms with van der Waals surface area (Å²) in [6.45, 7) is 0. The average molecular weight is 321 g/mol. The second-order valence-electron chi connectivity index (χ2n) is 5.96. The molecule has 5 heteroatoms. The standard InChI is InChI=1S/C19H16FN3O/c1-23-10-9-21-19(23)16-17(12-5-3-2-4-6-12)22-15-11-13(20)7-8-14(15)18(16)24/h2-11,16-17,22H,1H3. The topological polar surface area (TPSA) is 46.9 Å². The smallest absolute Gasteiger partial charge is 0.177 e. The number of carbonyl (C=O) groups is 1. The largest absolute Gasteiger partial charge is 0.376 e. The van der Waals surface area contributed by atoms with Gasteiger partial charge in [-0.15, -0.1) is 0 Å². The number of hydrogen-bond acceptors (Lipinski definition) is 3. The monoisotopic (exact) mass is 321 g/mol. The Morgan fingerprint density at radius 3 is 2.67 bits per heavy atom. The lowest BCUT2D eigenvalue weighted by Crippen LogP contribution is -2.33. The third kappa shape index (κ3) is 2.29. The van der Waals surface area contributed by atoms with Crippen molar-refractivity contribution in [2.45, 2.75) is 12.0 Å². The fraction of sp³-hybridized carbons (Fsp3) is 0.158. The lowest BCUT2D eigenvalue weighted by Gasteiger charge is -2.33. The first-order chi connectivity index (χ1) is 11.6. The van der Waals surface area contributed by atoms with Gasteiger partial charge in [0.05, 0.1) is 6.04 Å². The highest BCUT2D eigenvalue weighted by atomic mass is 19.1. The Balaban J connectivity index is 1.89. The van der Waals surface area contributed by atoms with Gasteiger partial charge in [-0.25, -0.2) is 9.37 Å². The van der Waals surface area contributed by atoms with E-state index >= 15 is 0 Å². The summed E-state index contributed by atoms with van der Waals surface area (Å²) < 4.78 is 15.5. The van der Waals surface area contributed by atoms with E-state index in [-0.39, 0.29) is 17.6 Å². The Morgan fingerprint density at radius 1 is 1.17 bits per heavy atom. The summed E-state index contributed by atoms with van der Waals surface area (Å²) in [7, 11) is 1.87. The molecule has 2 heterocycles. The van der Waals surface area contributed by atoms with Crippen LogP contribution < -0.4 is 5.32 Å². The number of halogens is 1. The molecule has 2 unspecified atom stereocenters. The van der Waals surface area contributed by atoms with E-state index < -0.39 is 5.92 Å². The number of ketones is 1. The van der Waals surface area contributed by atoms with Crippen LogP contribution >= 0.6 is 0 Å². The van der Waals surface area contributed by atoms with Crippen LogP contribution in [0.3, 0.4) is 0 Å². The quantitative estimate of drug-likeness (QED) is 0.783. The first-order valence-electron chi connectivity index (χ1n) is 7.77. The second kappa shape index (κ2) is 5.60. The van der Waals surface area contributed by atoms with Crippen LogP contribution in [0.2, 0.25) is 0 Å². The predicted octanol–water partition coefficient (Wildman–Crippen LogP) is 3.69. The molecule has 0 amide bonds. The van der Waals surface area contributed by atoms with Crippen LogP contribution in [0.1, 0.15) is 33.7 Å².